The molecule has 0 saturated heterocycles. The summed E-state index contributed by atoms with van der Waals surface area (Å²) in [5, 5.41) is 5.86. The Balaban J connectivity index is 1.50. The number of urea groups is 1. The van der Waals surface area contributed by atoms with Crippen LogP contribution < -0.4 is 10.6 Å². The second-order valence-electron chi connectivity index (χ2n) is 4.61. The van der Waals surface area contributed by atoms with E-state index in [1.807, 2.05) is 0 Å². The lowest BCUT2D eigenvalue weighted by Gasteiger charge is -2.10. The Hall–Kier alpha value is -0.730. The molecule has 2 amide bonds. The molecule has 2 aliphatic carbocycles. The maximum Gasteiger partial charge on any atom is 0.315 e. The van der Waals surface area contributed by atoms with Crippen LogP contribution in [0.4, 0.5) is 4.79 Å². The number of amides is 2. The Morgan fingerprint density at radius 2 is 1.86 bits per heavy atom. The molecule has 2 saturated carbocycles. The van der Waals surface area contributed by atoms with Crippen molar-refractivity contribution in [2.75, 3.05) is 6.54 Å². The van der Waals surface area contributed by atoms with E-state index in [2.05, 4.69) is 10.6 Å². The third kappa shape index (κ3) is 3.20. The van der Waals surface area contributed by atoms with E-state index in [0.29, 0.717) is 6.04 Å². The van der Waals surface area contributed by atoms with Gasteiger partial charge in [-0.15, -0.1) is 0 Å². The molecule has 2 rings (SSSR count). The van der Waals surface area contributed by atoms with Crippen LogP contribution in [0.5, 0.6) is 0 Å². The molecule has 0 unspecified atom stereocenters. The summed E-state index contributed by atoms with van der Waals surface area (Å²) in [6.45, 7) is 0.850. The van der Waals surface area contributed by atoms with Crippen LogP contribution in [-0.4, -0.2) is 18.6 Å². The Morgan fingerprint density at radius 3 is 2.50 bits per heavy atom. The monoisotopic (exact) mass is 196 g/mol. The van der Waals surface area contributed by atoms with E-state index >= 15 is 0 Å². The first-order valence-corrected chi connectivity index (χ1v) is 5.89. The fraction of sp³-hybridized carbons (Fsp3) is 0.909. The molecular formula is C11H20N2O. The first kappa shape index (κ1) is 9.81. The van der Waals surface area contributed by atoms with E-state index in [9.17, 15) is 4.79 Å². The predicted molar refractivity (Wildman–Crippen MR) is 56.1 cm³/mol. The molecule has 80 valence electrons. The van der Waals surface area contributed by atoms with Crippen molar-refractivity contribution in [1.29, 1.82) is 0 Å². The highest BCUT2D eigenvalue weighted by Crippen LogP contribution is 2.26. The minimum atomic E-state index is 0.0329. The van der Waals surface area contributed by atoms with Crippen LogP contribution in [0.1, 0.15) is 44.9 Å². The Kier molecular flexibility index (Phi) is 3.27. The first-order valence-electron chi connectivity index (χ1n) is 5.89. The van der Waals surface area contributed by atoms with Gasteiger partial charge in [0.2, 0.25) is 0 Å². The van der Waals surface area contributed by atoms with Gasteiger partial charge in [-0.2, -0.15) is 0 Å². The molecule has 0 bridgehead atoms. The second kappa shape index (κ2) is 4.67. The molecule has 0 heterocycles. The van der Waals surface area contributed by atoms with Crippen molar-refractivity contribution in [1.82, 2.24) is 10.6 Å². The smallest absolute Gasteiger partial charge is 0.315 e. The second-order valence-corrected chi connectivity index (χ2v) is 4.61. The van der Waals surface area contributed by atoms with Crippen molar-refractivity contribution in [2.45, 2.75) is 51.0 Å². The highest BCUT2D eigenvalue weighted by molar-refractivity contribution is 5.74. The molecule has 0 radical (unpaired) electrons. The standard InChI is InChI=1S/C11H20N2O/c14-11(13-10-5-6-10)12-8-7-9-3-1-2-4-9/h9-10H,1-8H2,(H2,12,13,14). The molecule has 0 aromatic rings. The number of carbonyl (C=O) groups excluding carboxylic acids is 1. The minimum absolute atomic E-state index is 0.0329. The van der Waals surface area contributed by atoms with Gasteiger partial charge in [0.25, 0.3) is 0 Å². The van der Waals surface area contributed by atoms with Crippen molar-refractivity contribution >= 4 is 6.03 Å². The van der Waals surface area contributed by atoms with Crippen LogP contribution in [0.2, 0.25) is 0 Å². The van der Waals surface area contributed by atoms with Gasteiger partial charge in [-0.05, 0) is 25.2 Å². The van der Waals surface area contributed by atoms with E-state index < -0.39 is 0 Å². The minimum Gasteiger partial charge on any atom is -0.338 e. The van der Waals surface area contributed by atoms with Crippen molar-refractivity contribution in [3.63, 3.8) is 0 Å². The molecule has 0 aliphatic heterocycles. The lowest BCUT2D eigenvalue weighted by atomic mass is 10.0. The van der Waals surface area contributed by atoms with E-state index in [4.69, 9.17) is 0 Å². The molecule has 0 atom stereocenters. The van der Waals surface area contributed by atoms with Crippen molar-refractivity contribution in [3.8, 4) is 0 Å². The summed E-state index contributed by atoms with van der Waals surface area (Å²) in [5.41, 5.74) is 0. The molecule has 0 aromatic heterocycles. The number of nitrogens with one attached hydrogen (secondary N) is 2. The number of hydrogen-bond acceptors (Lipinski definition) is 1. The molecule has 14 heavy (non-hydrogen) atoms. The Morgan fingerprint density at radius 1 is 1.14 bits per heavy atom. The summed E-state index contributed by atoms with van der Waals surface area (Å²) in [7, 11) is 0. The third-order valence-electron chi connectivity index (χ3n) is 3.23. The quantitative estimate of drug-likeness (QED) is 0.709. The fourth-order valence-electron chi connectivity index (χ4n) is 2.15. The highest BCUT2D eigenvalue weighted by Gasteiger charge is 2.23. The van der Waals surface area contributed by atoms with Gasteiger partial charge in [0.05, 0.1) is 0 Å². The van der Waals surface area contributed by atoms with Crippen molar-refractivity contribution < 1.29 is 4.79 Å². The first-order chi connectivity index (χ1) is 6.84. The zero-order chi connectivity index (χ0) is 9.80. The lowest BCUT2D eigenvalue weighted by Crippen LogP contribution is -2.37. The molecule has 2 N–H and O–H groups in total. The van der Waals surface area contributed by atoms with E-state index in [1.165, 1.54) is 25.7 Å². The lowest BCUT2D eigenvalue weighted by molar-refractivity contribution is 0.239. The van der Waals surface area contributed by atoms with E-state index in [1.54, 1.807) is 0 Å². The summed E-state index contributed by atoms with van der Waals surface area (Å²) in [4.78, 5) is 11.2. The molecule has 2 aliphatic rings. The Labute approximate surface area is 85.6 Å². The van der Waals surface area contributed by atoms with Crippen molar-refractivity contribution in [3.05, 3.63) is 0 Å². The van der Waals surface area contributed by atoms with Crippen LogP contribution in [0.15, 0.2) is 0 Å². The summed E-state index contributed by atoms with van der Waals surface area (Å²) >= 11 is 0. The number of rotatable bonds is 4. The molecule has 2 fully saturated rings. The van der Waals surface area contributed by atoms with Gasteiger partial charge >= 0.3 is 6.03 Å². The van der Waals surface area contributed by atoms with Gasteiger partial charge in [0.15, 0.2) is 0 Å². The van der Waals surface area contributed by atoms with Crippen LogP contribution in [-0.2, 0) is 0 Å². The zero-order valence-corrected chi connectivity index (χ0v) is 8.72. The van der Waals surface area contributed by atoms with Crippen molar-refractivity contribution in [2.24, 2.45) is 5.92 Å². The Bertz CT molecular complexity index is 195. The van der Waals surface area contributed by atoms with Gasteiger partial charge in [0.1, 0.15) is 0 Å². The maximum absolute atomic E-state index is 11.2. The highest BCUT2D eigenvalue weighted by atomic mass is 16.2. The maximum atomic E-state index is 11.2. The summed E-state index contributed by atoms with van der Waals surface area (Å²) in [6, 6.07) is 0.506. The molecule has 3 heteroatoms. The van der Waals surface area contributed by atoms with Crippen LogP contribution in [0.3, 0.4) is 0 Å². The number of hydrogen-bond donors (Lipinski definition) is 2. The van der Waals surface area contributed by atoms with E-state index in [0.717, 1.165) is 31.7 Å². The molecule has 0 spiro atoms. The summed E-state index contributed by atoms with van der Waals surface area (Å²) in [5.74, 6) is 0.872. The zero-order valence-electron chi connectivity index (χ0n) is 8.72. The van der Waals surface area contributed by atoms with Crippen LogP contribution in [0.25, 0.3) is 0 Å². The topological polar surface area (TPSA) is 41.1 Å². The molecule has 3 nitrogen and oxygen atoms in total. The summed E-state index contributed by atoms with van der Waals surface area (Å²) in [6.07, 6.45) is 9.00. The van der Waals surface area contributed by atoms with Gasteiger partial charge in [-0.3, -0.25) is 0 Å². The van der Waals surface area contributed by atoms with Gasteiger partial charge in [-0.1, -0.05) is 25.7 Å². The normalized spacial score (nSPS) is 22.3. The number of carbonyl (C=O) groups is 1. The average molecular weight is 196 g/mol. The van der Waals surface area contributed by atoms with Gasteiger partial charge in [0, 0.05) is 12.6 Å². The average Bonchev–Trinajstić information content (AvgIpc) is 2.82. The predicted octanol–water partition coefficient (Wildman–Crippen LogP) is 2.03. The van der Waals surface area contributed by atoms with E-state index in [-0.39, 0.29) is 6.03 Å². The van der Waals surface area contributed by atoms with Crippen LogP contribution in [0, 0.1) is 5.92 Å². The molecular weight excluding hydrogens is 176 g/mol. The fourth-order valence-corrected chi connectivity index (χ4v) is 2.15. The van der Waals surface area contributed by atoms with Crippen LogP contribution >= 0.6 is 0 Å². The molecule has 0 aromatic carbocycles. The third-order valence-corrected chi connectivity index (χ3v) is 3.23. The SMILES string of the molecule is O=C(NCCC1CCCC1)NC1CC1. The summed E-state index contributed by atoms with van der Waals surface area (Å²) < 4.78 is 0. The van der Waals surface area contributed by atoms with Gasteiger partial charge in [-0.25, -0.2) is 4.79 Å². The van der Waals surface area contributed by atoms with Gasteiger partial charge < -0.3 is 10.6 Å². The largest absolute Gasteiger partial charge is 0.338 e.